The molecule has 0 saturated carbocycles. The summed E-state index contributed by atoms with van der Waals surface area (Å²) in [5.74, 6) is 0.320. The first kappa shape index (κ1) is 17.7. The maximum Gasteiger partial charge on any atom is 0.246 e. The Kier molecular flexibility index (Phi) is 5.99. The number of hydrogen-bond acceptors (Lipinski definition) is 3. The fourth-order valence-corrected chi connectivity index (χ4v) is 2.50. The second-order valence-corrected chi connectivity index (χ2v) is 6.08. The minimum atomic E-state index is -0.505. The van der Waals surface area contributed by atoms with Crippen LogP contribution in [0.1, 0.15) is 6.92 Å². The Morgan fingerprint density at radius 2 is 1.83 bits per heavy atom. The summed E-state index contributed by atoms with van der Waals surface area (Å²) in [6.45, 7) is 1.73. The molecule has 0 unspecified atom stereocenters. The second-order valence-electron chi connectivity index (χ2n) is 4.83. The molecule has 2 aromatic rings. The summed E-state index contributed by atoms with van der Waals surface area (Å²) in [6, 6.07) is 9.57. The summed E-state index contributed by atoms with van der Waals surface area (Å²) in [7, 11) is 1.54. The SMILES string of the molecule is COc1ccc(N[C@H](C)C(=O)Nc2cc(Cl)ccc2Cl)cc1Cl. The van der Waals surface area contributed by atoms with Crippen LogP contribution in [-0.2, 0) is 4.79 Å². The molecule has 1 amide bonds. The summed E-state index contributed by atoms with van der Waals surface area (Å²) >= 11 is 18.0. The molecular formula is C16H15Cl3N2O2. The van der Waals surface area contributed by atoms with Gasteiger partial charge in [0, 0.05) is 10.7 Å². The lowest BCUT2D eigenvalue weighted by atomic mass is 10.2. The average Bonchev–Trinajstić information content (AvgIpc) is 2.51. The molecule has 0 aliphatic rings. The third-order valence-corrected chi connectivity index (χ3v) is 3.97. The number of rotatable bonds is 5. The van der Waals surface area contributed by atoms with E-state index in [-0.39, 0.29) is 5.91 Å². The van der Waals surface area contributed by atoms with Gasteiger partial charge in [-0.05, 0) is 43.3 Å². The maximum absolute atomic E-state index is 12.3. The molecule has 122 valence electrons. The van der Waals surface area contributed by atoms with Gasteiger partial charge >= 0.3 is 0 Å². The molecule has 0 aliphatic heterocycles. The zero-order chi connectivity index (χ0) is 17.0. The lowest BCUT2D eigenvalue weighted by Gasteiger charge is -2.16. The van der Waals surface area contributed by atoms with Gasteiger partial charge in [0.05, 0.1) is 22.8 Å². The van der Waals surface area contributed by atoms with E-state index in [9.17, 15) is 4.79 Å². The molecule has 4 nitrogen and oxygen atoms in total. The Balaban J connectivity index is 2.05. The lowest BCUT2D eigenvalue weighted by Crippen LogP contribution is -2.31. The highest BCUT2D eigenvalue weighted by Crippen LogP contribution is 2.28. The molecule has 0 spiro atoms. The van der Waals surface area contributed by atoms with Gasteiger partial charge in [0.2, 0.25) is 5.91 Å². The largest absolute Gasteiger partial charge is 0.495 e. The van der Waals surface area contributed by atoms with E-state index in [0.29, 0.717) is 32.2 Å². The molecule has 0 radical (unpaired) electrons. The van der Waals surface area contributed by atoms with Gasteiger partial charge in [0.25, 0.3) is 0 Å². The first-order valence-electron chi connectivity index (χ1n) is 6.76. The Morgan fingerprint density at radius 3 is 2.48 bits per heavy atom. The molecule has 7 heteroatoms. The van der Waals surface area contributed by atoms with Crippen LogP contribution in [-0.4, -0.2) is 19.1 Å². The lowest BCUT2D eigenvalue weighted by molar-refractivity contribution is -0.116. The number of halogens is 3. The summed E-state index contributed by atoms with van der Waals surface area (Å²) in [6.07, 6.45) is 0. The second kappa shape index (κ2) is 7.77. The fourth-order valence-electron chi connectivity index (χ4n) is 1.91. The quantitative estimate of drug-likeness (QED) is 0.767. The van der Waals surface area contributed by atoms with E-state index < -0.39 is 6.04 Å². The van der Waals surface area contributed by atoms with Gasteiger partial charge in [0.1, 0.15) is 11.8 Å². The van der Waals surface area contributed by atoms with E-state index in [2.05, 4.69) is 10.6 Å². The average molecular weight is 374 g/mol. The van der Waals surface area contributed by atoms with Gasteiger partial charge < -0.3 is 15.4 Å². The smallest absolute Gasteiger partial charge is 0.246 e. The van der Waals surface area contributed by atoms with Crippen LogP contribution in [0.3, 0.4) is 0 Å². The third-order valence-electron chi connectivity index (χ3n) is 3.11. The van der Waals surface area contributed by atoms with Gasteiger partial charge in [-0.3, -0.25) is 4.79 Å². The van der Waals surface area contributed by atoms with E-state index in [1.807, 2.05) is 0 Å². The maximum atomic E-state index is 12.3. The molecule has 2 rings (SSSR count). The van der Waals surface area contributed by atoms with Crippen LogP contribution >= 0.6 is 34.8 Å². The van der Waals surface area contributed by atoms with Crippen molar-refractivity contribution < 1.29 is 9.53 Å². The van der Waals surface area contributed by atoms with Crippen LogP contribution in [0.2, 0.25) is 15.1 Å². The highest BCUT2D eigenvalue weighted by Gasteiger charge is 2.15. The minimum Gasteiger partial charge on any atom is -0.495 e. The van der Waals surface area contributed by atoms with Crippen molar-refractivity contribution in [2.24, 2.45) is 0 Å². The van der Waals surface area contributed by atoms with Gasteiger partial charge in [-0.15, -0.1) is 0 Å². The number of carbonyl (C=O) groups is 1. The Hall–Kier alpha value is -1.62. The van der Waals surface area contributed by atoms with E-state index in [4.69, 9.17) is 39.5 Å². The topological polar surface area (TPSA) is 50.4 Å². The Bertz CT molecular complexity index is 722. The molecule has 2 N–H and O–H groups in total. The molecule has 0 bridgehead atoms. The predicted octanol–water partition coefficient (Wildman–Crippen LogP) is 5.09. The summed E-state index contributed by atoms with van der Waals surface area (Å²) < 4.78 is 5.09. The standard InChI is InChI=1S/C16H15Cl3N2O2/c1-9(20-11-4-6-15(23-2)13(19)8-11)16(22)21-14-7-10(17)3-5-12(14)18/h3-9,20H,1-2H3,(H,21,22)/t9-/m1/s1. The van der Waals surface area contributed by atoms with Crippen molar-refractivity contribution >= 4 is 52.1 Å². The summed E-state index contributed by atoms with van der Waals surface area (Å²) in [5, 5.41) is 7.17. The zero-order valence-electron chi connectivity index (χ0n) is 12.5. The first-order chi connectivity index (χ1) is 10.9. The molecule has 23 heavy (non-hydrogen) atoms. The van der Waals surface area contributed by atoms with Gasteiger partial charge in [0.15, 0.2) is 0 Å². The Labute approximate surface area is 149 Å². The zero-order valence-corrected chi connectivity index (χ0v) is 14.8. The van der Waals surface area contributed by atoms with Crippen molar-refractivity contribution in [1.29, 1.82) is 0 Å². The van der Waals surface area contributed by atoms with E-state index in [1.165, 1.54) is 0 Å². The number of anilines is 2. The van der Waals surface area contributed by atoms with Crippen LogP contribution in [0.4, 0.5) is 11.4 Å². The monoisotopic (exact) mass is 372 g/mol. The van der Waals surface area contributed by atoms with Crippen LogP contribution in [0.15, 0.2) is 36.4 Å². The normalized spacial score (nSPS) is 11.7. The number of methoxy groups -OCH3 is 1. The molecule has 0 heterocycles. The molecule has 2 aromatic carbocycles. The summed E-state index contributed by atoms with van der Waals surface area (Å²) in [5.41, 5.74) is 1.17. The Morgan fingerprint density at radius 1 is 1.09 bits per heavy atom. The highest BCUT2D eigenvalue weighted by molar-refractivity contribution is 6.35. The van der Waals surface area contributed by atoms with Crippen molar-refractivity contribution in [3.8, 4) is 5.75 Å². The van der Waals surface area contributed by atoms with Crippen molar-refractivity contribution in [3.05, 3.63) is 51.5 Å². The molecule has 1 atom stereocenters. The van der Waals surface area contributed by atoms with Crippen molar-refractivity contribution in [2.45, 2.75) is 13.0 Å². The number of hydrogen-bond donors (Lipinski definition) is 2. The first-order valence-corrected chi connectivity index (χ1v) is 7.90. The van der Waals surface area contributed by atoms with Crippen LogP contribution in [0.5, 0.6) is 5.75 Å². The predicted molar refractivity (Wildman–Crippen MR) is 96.2 cm³/mol. The van der Waals surface area contributed by atoms with Gasteiger partial charge in [-0.2, -0.15) is 0 Å². The fraction of sp³-hybridized carbons (Fsp3) is 0.188. The van der Waals surface area contributed by atoms with Gasteiger partial charge in [-0.1, -0.05) is 34.8 Å². The van der Waals surface area contributed by atoms with Crippen LogP contribution in [0, 0.1) is 0 Å². The molecular weight excluding hydrogens is 359 g/mol. The molecule has 0 aromatic heterocycles. The van der Waals surface area contributed by atoms with E-state index in [1.54, 1.807) is 50.4 Å². The minimum absolute atomic E-state index is 0.249. The van der Waals surface area contributed by atoms with Crippen LogP contribution in [0.25, 0.3) is 0 Å². The number of nitrogens with one attached hydrogen (secondary N) is 2. The number of carbonyl (C=O) groups excluding carboxylic acids is 1. The molecule has 0 aliphatic carbocycles. The molecule has 0 saturated heterocycles. The van der Waals surface area contributed by atoms with E-state index in [0.717, 1.165) is 0 Å². The van der Waals surface area contributed by atoms with Crippen molar-refractivity contribution in [3.63, 3.8) is 0 Å². The third kappa shape index (κ3) is 4.67. The number of benzene rings is 2. The van der Waals surface area contributed by atoms with Crippen LogP contribution < -0.4 is 15.4 Å². The molecule has 0 fully saturated rings. The summed E-state index contributed by atoms with van der Waals surface area (Å²) in [4.78, 5) is 12.3. The van der Waals surface area contributed by atoms with E-state index >= 15 is 0 Å². The van der Waals surface area contributed by atoms with Crippen molar-refractivity contribution in [2.75, 3.05) is 17.7 Å². The number of ether oxygens (including phenoxy) is 1. The number of amides is 1. The highest BCUT2D eigenvalue weighted by atomic mass is 35.5. The van der Waals surface area contributed by atoms with Crippen molar-refractivity contribution in [1.82, 2.24) is 0 Å². The van der Waals surface area contributed by atoms with Gasteiger partial charge in [-0.25, -0.2) is 0 Å².